The van der Waals surface area contributed by atoms with Gasteiger partial charge in [0.2, 0.25) is 0 Å². The number of benzene rings is 2. The maximum Gasteiger partial charge on any atom is 0.190 e. The van der Waals surface area contributed by atoms with Crippen molar-refractivity contribution in [3.63, 3.8) is 0 Å². The van der Waals surface area contributed by atoms with E-state index in [0.717, 1.165) is 11.8 Å². The summed E-state index contributed by atoms with van der Waals surface area (Å²) in [4.78, 5) is 23.9. The van der Waals surface area contributed by atoms with Crippen LogP contribution in [-0.4, -0.2) is 22.0 Å². The van der Waals surface area contributed by atoms with Gasteiger partial charge in [-0.15, -0.1) is 23.4 Å². The number of halogens is 1. The second-order valence-electron chi connectivity index (χ2n) is 4.15. The highest BCUT2D eigenvalue weighted by molar-refractivity contribution is 8.02. The molecule has 1 unspecified atom stereocenters. The zero-order valence-corrected chi connectivity index (χ0v) is 12.2. The fourth-order valence-corrected chi connectivity index (χ4v) is 2.73. The predicted molar refractivity (Wildman–Crippen MR) is 83.6 cm³/mol. The van der Waals surface area contributed by atoms with E-state index in [1.54, 1.807) is 36.4 Å². The van der Waals surface area contributed by atoms with E-state index < -0.39 is 4.71 Å². The first-order valence-corrected chi connectivity index (χ1v) is 7.60. The predicted octanol–water partition coefficient (Wildman–Crippen LogP) is 4.05. The van der Waals surface area contributed by atoms with Gasteiger partial charge < -0.3 is 0 Å². The Morgan fingerprint density at radius 1 is 0.900 bits per heavy atom. The number of carbonyl (C=O) groups is 2. The number of thioether (sulfide) groups is 1. The van der Waals surface area contributed by atoms with Crippen molar-refractivity contribution in [2.75, 3.05) is 5.75 Å². The van der Waals surface area contributed by atoms with E-state index in [-0.39, 0.29) is 17.3 Å². The van der Waals surface area contributed by atoms with E-state index >= 15 is 0 Å². The molecule has 0 aliphatic carbocycles. The van der Waals surface area contributed by atoms with Gasteiger partial charge in [0.15, 0.2) is 11.6 Å². The Balaban J connectivity index is 1.91. The molecule has 0 N–H and O–H groups in total. The second kappa shape index (κ2) is 7.27. The number of ketones is 2. The Kier molecular flexibility index (Phi) is 5.39. The minimum Gasteiger partial charge on any atom is -0.293 e. The molecule has 0 aliphatic rings. The molecule has 0 saturated carbocycles. The van der Waals surface area contributed by atoms with E-state index in [2.05, 4.69) is 0 Å². The molecule has 0 saturated heterocycles. The Morgan fingerprint density at radius 3 is 1.95 bits per heavy atom. The summed E-state index contributed by atoms with van der Waals surface area (Å²) in [7, 11) is 0. The molecule has 2 aromatic rings. The molecule has 2 aromatic carbocycles. The van der Waals surface area contributed by atoms with Crippen molar-refractivity contribution in [2.45, 2.75) is 4.71 Å². The van der Waals surface area contributed by atoms with Gasteiger partial charge in [0.1, 0.15) is 4.71 Å². The van der Waals surface area contributed by atoms with E-state index in [1.165, 1.54) is 0 Å². The molecule has 0 radical (unpaired) electrons. The lowest BCUT2D eigenvalue weighted by Crippen LogP contribution is -2.14. The summed E-state index contributed by atoms with van der Waals surface area (Å²) in [6.45, 7) is 0. The number of rotatable bonds is 6. The van der Waals surface area contributed by atoms with Gasteiger partial charge in [-0.3, -0.25) is 9.59 Å². The molecular weight excluding hydrogens is 292 g/mol. The van der Waals surface area contributed by atoms with Crippen LogP contribution >= 0.6 is 23.4 Å². The molecule has 2 rings (SSSR count). The average molecular weight is 305 g/mol. The molecule has 0 fully saturated rings. The van der Waals surface area contributed by atoms with E-state index in [4.69, 9.17) is 11.6 Å². The Labute approximate surface area is 127 Å². The number of hydrogen-bond donors (Lipinski definition) is 0. The van der Waals surface area contributed by atoms with Crippen molar-refractivity contribution in [1.29, 1.82) is 0 Å². The molecule has 102 valence electrons. The zero-order chi connectivity index (χ0) is 14.4. The largest absolute Gasteiger partial charge is 0.293 e. The molecule has 0 aliphatic heterocycles. The van der Waals surface area contributed by atoms with Gasteiger partial charge in [-0.05, 0) is 0 Å². The summed E-state index contributed by atoms with van der Waals surface area (Å²) in [5.41, 5.74) is 1.20. The van der Waals surface area contributed by atoms with Crippen LogP contribution in [0, 0.1) is 0 Å². The van der Waals surface area contributed by atoms with Crippen molar-refractivity contribution in [1.82, 2.24) is 0 Å². The Bertz CT molecular complexity index is 584. The summed E-state index contributed by atoms with van der Waals surface area (Å²) < 4.78 is -0.745. The third-order valence-electron chi connectivity index (χ3n) is 2.72. The number of hydrogen-bond acceptors (Lipinski definition) is 3. The lowest BCUT2D eigenvalue weighted by atomic mass is 10.1. The molecule has 4 heteroatoms. The minimum absolute atomic E-state index is 0.0258. The van der Waals surface area contributed by atoms with E-state index in [9.17, 15) is 9.59 Å². The van der Waals surface area contributed by atoms with Crippen molar-refractivity contribution in [3.05, 3.63) is 71.8 Å². The van der Waals surface area contributed by atoms with E-state index in [1.807, 2.05) is 24.3 Å². The molecular formula is C16H13ClO2S. The highest BCUT2D eigenvalue weighted by Crippen LogP contribution is 2.21. The first-order chi connectivity index (χ1) is 9.68. The monoisotopic (exact) mass is 304 g/mol. The molecule has 0 bridgehead atoms. The third kappa shape index (κ3) is 3.95. The quantitative estimate of drug-likeness (QED) is 0.596. The van der Waals surface area contributed by atoms with Crippen molar-refractivity contribution in [3.8, 4) is 0 Å². The fraction of sp³-hybridized carbons (Fsp3) is 0.125. The Hall–Kier alpha value is -1.58. The molecule has 1 atom stereocenters. The number of carbonyl (C=O) groups excluding carboxylic acids is 2. The van der Waals surface area contributed by atoms with Crippen LogP contribution in [0.25, 0.3) is 0 Å². The Morgan fingerprint density at radius 2 is 1.40 bits per heavy atom. The van der Waals surface area contributed by atoms with Crippen LogP contribution in [0.5, 0.6) is 0 Å². The van der Waals surface area contributed by atoms with Crippen LogP contribution in [0.3, 0.4) is 0 Å². The summed E-state index contributed by atoms with van der Waals surface area (Å²) in [6.07, 6.45) is 0. The second-order valence-corrected chi connectivity index (χ2v) is 5.94. The SMILES string of the molecule is O=C(CSC(Cl)C(=O)c1ccccc1)c1ccccc1. The van der Waals surface area contributed by atoms with Gasteiger partial charge in [0, 0.05) is 11.1 Å². The van der Waals surface area contributed by atoms with Crippen molar-refractivity contribution < 1.29 is 9.59 Å². The third-order valence-corrected chi connectivity index (χ3v) is 4.23. The molecule has 0 heterocycles. The molecule has 2 nitrogen and oxygen atoms in total. The van der Waals surface area contributed by atoms with Crippen LogP contribution in [0.15, 0.2) is 60.7 Å². The van der Waals surface area contributed by atoms with Crippen LogP contribution in [0.1, 0.15) is 20.7 Å². The summed E-state index contributed by atoms with van der Waals surface area (Å²) >= 11 is 7.21. The summed E-state index contributed by atoms with van der Waals surface area (Å²) in [5, 5.41) is 0. The van der Waals surface area contributed by atoms with Crippen LogP contribution < -0.4 is 0 Å². The van der Waals surface area contributed by atoms with Crippen molar-refractivity contribution >= 4 is 34.9 Å². The van der Waals surface area contributed by atoms with Gasteiger partial charge in [0.25, 0.3) is 0 Å². The zero-order valence-electron chi connectivity index (χ0n) is 10.7. The highest BCUT2D eigenvalue weighted by atomic mass is 35.5. The van der Waals surface area contributed by atoms with Gasteiger partial charge in [-0.2, -0.15) is 0 Å². The molecule has 20 heavy (non-hydrogen) atoms. The number of alkyl halides is 1. The van der Waals surface area contributed by atoms with Crippen LogP contribution in [0.2, 0.25) is 0 Å². The minimum atomic E-state index is -0.745. The van der Waals surface area contributed by atoms with Crippen LogP contribution in [-0.2, 0) is 0 Å². The lowest BCUT2D eigenvalue weighted by Gasteiger charge is -2.08. The van der Waals surface area contributed by atoms with Gasteiger partial charge >= 0.3 is 0 Å². The van der Waals surface area contributed by atoms with Gasteiger partial charge in [-0.25, -0.2) is 0 Å². The smallest absolute Gasteiger partial charge is 0.190 e. The molecule has 0 amide bonds. The maximum absolute atomic E-state index is 12.0. The average Bonchev–Trinajstić information content (AvgIpc) is 2.53. The van der Waals surface area contributed by atoms with Crippen molar-refractivity contribution in [2.24, 2.45) is 0 Å². The fourth-order valence-electron chi connectivity index (χ4n) is 1.67. The summed E-state index contributed by atoms with van der Waals surface area (Å²) in [6, 6.07) is 17.8. The molecule has 0 aromatic heterocycles. The normalized spacial score (nSPS) is 11.8. The van der Waals surface area contributed by atoms with Gasteiger partial charge in [0.05, 0.1) is 5.75 Å². The van der Waals surface area contributed by atoms with E-state index in [0.29, 0.717) is 11.1 Å². The summed E-state index contributed by atoms with van der Waals surface area (Å²) in [5.74, 6) is -0.00300. The van der Waals surface area contributed by atoms with Crippen LogP contribution in [0.4, 0.5) is 0 Å². The first-order valence-electron chi connectivity index (χ1n) is 6.11. The highest BCUT2D eigenvalue weighted by Gasteiger charge is 2.19. The topological polar surface area (TPSA) is 34.1 Å². The van der Waals surface area contributed by atoms with Gasteiger partial charge in [-0.1, -0.05) is 60.7 Å². The standard InChI is InChI=1S/C16H13ClO2S/c17-16(15(19)13-9-5-2-6-10-13)20-11-14(18)12-7-3-1-4-8-12/h1-10,16H,11H2. The maximum atomic E-state index is 12.0. The number of Topliss-reactive ketones (excluding diaryl/α,β-unsaturated/α-hetero) is 2. The molecule has 0 spiro atoms. The lowest BCUT2D eigenvalue weighted by molar-refractivity contribution is 0.101. The first kappa shape index (κ1) is 14.8.